The average molecular weight is 398 g/mol. The van der Waals surface area contributed by atoms with Crippen molar-refractivity contribution in [1.82, 2.24) is 19.9 Å². The van der Waals surface area contributed by atoms with Crippen LogP contribution in [0.25, 0.3) is 11.0 Å². The number of carbonyl (C=O) groups is 2. The summed E-state index contributed by atoms with van der Waals surface area (Å²) in [5.74, 6) is -0.193. The first-order chi connectivity index (χ1) is 13.5. The van der Waals surface area contributed by atoms with Crippen LogP contribution in [0.1, 0.15) is 23.2 Å². The first-order valence-corrected chi connectivity index (χ1v) is 9.54. The zero-order chi connectivity index (χ0) is 19.7. The van der Waals surface area contributed by atoms with Crippen molar-refractivity contribution in [2.75, 3.05) is 18.4 Å². The topological polar surface area (TPSA) is 80.1 Å². The summed E-state index contributed by atoms with van der Waals surface area (Å²) < 4.78 is 1.67. The number of anilines is 1. The van der Waals surface area contributed by atoms with Crippen LogP contribution in [0, 0.1) is 5.92 Å². The van der Waals surface area contributed by atoms with E-state index in [9.17, 15) is 9.59 Å². The van der Waals surface area contributed by atoms with Crippen LogP contribution in [-0.4, -0.2) is 44.8 Å². The number of aromatic nitrogens is 3. The number of nitrogens with one attached hydrogen (secondary N) is 1. The molecule has 1 fully saturated rings. The predicted octanol–water partition coefficient (Wildman–Crippen LogP) is 3.11. The molecule has 4 rings (SSSR count). The Kier molecular flexibility index (Phi) is 5.00. The van der Waals surface area contributed by atoms with Crippen molar-refractivity contribution in [2.24, 2.45) is 13.0 Å². The van der Waals surface area contributed by atoms with Crippen molar-refractivity contribution in [3.05, 3.63) is 53.1 Å². The van der Waals surface area contributed by atoms with Crippen LogP contribution >= 0.6 is 11.6 Å². The fourth-order valence-corrected chi connectivity index (χ4v) is 3.70. The molecule has 1 saturated heterocycles. The van der Waals surface area contributed by atoms with Gasteiger partial charge in [-0.2, -0.15) is 0 Å². The van der Waals surface area contributed by atoms with Crippen molar-refractivity contribution < 1.29 is 9.59 Å². The summed E-state index contributed by atoms with van der Waals surface area (Å²) in [4.78, 5) is 27.1. The van der Waals surface area contributed by atoms with Crippen LogP contribution in [0.3, 0.4) is 0 Å². The second-order valence-corrected chi connectivity index (χ2v) is 7.42. The monoisotopic (exact) mass is 397 g/mol. The number of aryl methyl sites for hydroxylation is 1. The lowest BCUT2D eigenvalue weighted by atomic mass is 9.95. The third-order valence-electron chi connectivity index (χ3n) is 5.10. The molecule has 0 atom stereocenters. The van der Waals surface area contributed by atoms with Crippen molar-refractivity contribution in [3.8, 4) is 0 Å². The van der Waals surface area contributed by atoms with Crippen LogP contribution < -0.4 is 5.32 Å². The van der Waals surface area contributed by atoms with Crippen molar-refractivity contribution in [2.45, 2.75) is 12.8 Å². The minimum absolute atomic E-state index is 0.0321. The Morgan fingerprint density at radius 1 is 1.14 bits per heavy atom. The third-order valence-corrected chi connectivity index (χ3v) is 5.34. The zero-order valence-corrected chi connectivity index (χ0v) is 16.2. The Morgan fingerprint density at radius 3 is 2.68 bits per heavy atom. The Balaban J connectivity index is 1.37. The molecule has 8 heteroatoms. The maximum absolute atomic E-state index is 12.8. The van der Waals surface area contributed by atoms with Crippen molar-refractivity contribution in [1.29, 1.82) is 0 Å². The van der Waals surface area contributed by atoms with Gasteiger partial charge in [-0.3, -0.25) is 9.59 Å². The van der Waals surface area contributed by atoms with Gasteiger partial charge in [0.15, 0.2) is 0 Å². The largest absolute Gasteiger partial charge is 0.339 e. The number of amides is 2. The van der Waals surface area contributed by atoms with Crippen LogP contribution in [0.2, 0.25) is 5.02 Å². The summed E-state index contributed by atoms with van der Waals surface area (Å²) in [6, 6.07) is 12.5. The van der Waals surface area contributed by atoms with Crippen molar-refractivity contribution >= 4 is 40.1 Å². The van der Waals surface area contributed by atoms with E-state index in [2.05, 4.69) is 15.6 Å². The molecule has 0 unspecified atom stereocenters. The van der Waals surface area contributed by atoms with Gasteiger partial charge in [-0.05, 0) is 49.2 Å². The van der Waals surface area contributed by atoms with Gasteiger partial charge >= 0.3 is 0 Å². The standard InChI is InChI=1S/C20H20ClN5O2/c1-25-18-6-5-14(11-17(18)23-24-25)20(28)26-9-7-13(8-10-26)19(27)22-16-4-2-3-15(21)12-16/h2-6,11-13H,7-10H2,1H3,(H,22,27). The third kappa shape index (κ3) is 3.71. The molecule has 0 spiro atoms. The maximum atomic E-state index is 12.8. The van der Waals surface area contributed by atoms with Gasteiger partial charge in [-0.15, -0.1) is 5.10 Å². The van der Waals surface area contributed by atoms with E-state index in [0.717, 1.165) is 5.52 Å². The quantitative estimate of drug-likeness (QED) is 0.736. The number of fused-ring (bicyclic) bond motifs is 1. The van der Waals surface area contributed by atoms with E-state index in [0.29, 0.717) is 47.7 Å². The predicted molar refractivity (Wildman–Crippen MR) is 107 cm³/mol. The molecule has 2 aromatic carbocycles. The normalized spacial score (nSPS) is 15.0. The number of benzene rings is 2. The Bertz CT molecular complexity index is 1040. The molecule has 1 aromatic heterocycles. The molecular weight excluding hydrogens is 378 g/mol. The van der Waals surface area contributed by atoms with E-state index in [1.807, 2.05) is 19.2 Å². The molecule has 144 valence electrons. The molecule has 1 aliphatic rings. The van der Waals surface area contributed by atoms with E-state index in [1.54, 1.807) is 39.9 Å². The maximum Gasteiger partial charge on any atom is 0.253 e. The molecule has 0 radical (unpaired) electrons. The van der Waals surface area contributed by atoms with Gasteiger partial charge in [0.05, 0.1) is 5.52 Å². The van der Waals surface area contributed by atoms with Gasteiger partial charge in [0.2, 0.25) is 5.91 Å². The van der Waals surface area contributed by atoms with E-state index in [1.165, 1.54) is 0 Å². The van der Waals surface area contributed by atoms with Gasteiger partial charge in [0, 0.05) is 42.3 Å². The van der Waals surface area contributed by atoms with Crippen LogP contribution in [0.5, 0.6) is 0 Å². The molecule has 0 bridgehead atoms. The Hall–Kier alpha value is -2.93. The van der Waals surface area contributed by atoms with Gasteiger partial charge in [-0.25, -0.2) is 4.68 Å². The minimum atomic E-state index is -0.120. The molecule has 2 amide bonds. The molecule has 0 saturated carbocycles. The zero-order valence-electron chi connectivity index (χ0n) is 15.4. The molecule has 1 aliphatic heterocycles. The Labute approximate surface area is 167 Å². The minimum Gasteiger partial charge on any atom is -0.339 e. The molecule has 3 aromatic rings. The van der Waals surface area contributed by atoms with Crippen LogP contribution in [-0.2, 0) is 11.8 Å². The van der Waals surface area contributed by atoms with Crippen molar-refractivity contribution in [3.63, 3.8) is 0 Å². The van der Waals surface area contributed by atoms with Gasteiger partial charge < -0.3 is 10.2 Å². The summed E-state index contributed by atoms with van der Waals surface area (Å²) in [6.07, 6.45) is 1.26. The van der Waals surface area contributed by atoms with Crippen LogP contribution in [0.15, 0.2) is 42.5 Å². The lowest BCUT2D eigenvalue weighted by molar-refractivity contribution is -0.121. The average Bonchev–Trinajstić information content (AvgIpc) is 3.08. The van der Waals surface area contributed by atoms with E-state index in [4.69, 9.17) is 11.6 Å². The number of piperidine rings is 1. The highest BCUT2D eigenvalue weighted by molar-refractivity contribution is 6.30. The smallest absolute Gasteiger partial charge is 0.253 e. The number of nitrogens with zero attached hydrogens (tertiary/aromatic N) is 4. The summed E-state index contributed by atoms with van der Waals surface area (Å²) in [6.45, 7) is 1.09. The van der Waals surface area contributed by atoms with E-state index < -0.39 is 0 Å². The summed E-state index contributed by atoms with van der Waals surface area (Å²) in [5, 5.41) is 11.5. The lowest BCUT2D eigenvalue weighted by Gasteiger charge is -2.31. The number of rotatable bonds is 3. The second kappa shape index (κ2) is 7.59. The molecule has 7 nitrogen and oxygen atoms in total. The number of likely N-dealkylation sites (tertiary alicyclic amines) is 1. The lowest BCUT2D eigenvalue weighted by Crippen LogP contribution is -2.41. The number of halogens is 1. The molecule has 0 aliphatic carbocycles. The Morgan fingerprint density at radius 2 is 1.93 bits per heavy atom. The fourth-order valence-electron chi connectivity index (χ4n) is 3.51. The van der Waals surface area contributed by atoms with Gasteiger partial charge in [0.25, 0.3) is 5.91 Å². The van der Waals surface area contributed by atoms with E-state index in [-0.39, 0.29) is 17.7 Å². The van der Waals surface area contributed by atoms with Gasteiger partial charge in [-0.1, -0.05) is 22.9 Å². The fraction of sp³-hybridized carbons (Fsp3) is 0.300. The summed E-state index contributed by atoms with van der Waals surface area (Å²) in [5.41, 5.74) is 2.86. The van der Waals surface area contributed by atoms with Crippen LogP contribution in [0.4, 0.5) is 5.69 Å². The number of hydrogen-bond donors (Lipinski definition) is 1. The van der Waals surface area contributed by atoms with E-state index >= 15 is 0 Å². The highest BCUT2D eigenvalue weighted by Crippen LogP contribution is 2.23. The number of hydrogen-bond acceptors (Lipinski definition) is 4. The highest BCUT2D eigenvalue weighted by atomic mass is 35.5. The first-order valence-electron chi connectivity index (χ1n) is 9.16. The highest BCUT2D eigenvalue weighted by Gasteiger charge is 2.28. The summed E-state index contributed by atoms with van der Waals surface area (Å²) in [7, 11) is 1.82. The molecule has 1 N–H and O–H groups in total. The molecular formula is C20H20ClN5O2. The first kappa shape index (κ1) is 18.4. The SMILES string of the molecule is Cn1nnc2cc(C(=O)N3CCC(C(=O)Nc4cccc(Cl)c4)CC3)ccc21. The number of carbonyl (C=O) groups excluding carboxylic acids is 2. The summed E-state index contributed by atoms with van der Waals surface area (Å²) >= 11 is 5.96. The van der Waals surface area contributed by atoms with Gasteiger partial charge in [0.1, 0.15) is 5.52 Å². The molecule has 28 heavy (non-hydrogen) atoms. The molecule has 2 heterocycles. The second-order valence-electron chi connectivity index (χ2n) is 6.98.